The number of nitrogens with zero attached hydrogens (tertiary/aromatic N) is 1. The van der Waals surface area contributed by atoms with E-state index in [0.29, 0.717) is 6.04 Å². The van der Waals surface area contributed by atoms with Crippen LogP contribution in [0, 0.1) is 11.8 Å². The van der Waals surface area contributed by atoms with Crippen LogP contribution >= 0.6 is 0 Å². The van der Waals surface area contributed by atoms with E-state index in [1.807, 2.05) is 12.1 Å². The van der Waals surface area contributed by atoms with Gasteiger partial charge in [0.1, 0.15) is 6.61 Å². The quantitative estimate of drug-likeness (QED) is 0.747. The normalized spacial score (nSPS) is 10.8. The monoisotopic (exact) mass is 289 g/mol. The first kappa shape index (κ1) is 17.7. The minimum atomic E-state index is -0.0960. The fourth-order valence-corrected chi connectivity index (χ4v) is 2.47. The van der Waals surface area contributed by atoms with Crippen LogP contribution in [0.15, 0.2) is 24.3 Å². The molecular weight excluding hydrogens is 262 g/mol. The summed E-state index contributed by atoms with van der Waals surface area (Å²) in [5.74, 6) is 5.59. The zero-order chi connectivity index (χ0) is 15.5. The van der Waals surface area contributed by atoms with Crippen molar-refractivity contribution in [1.29, 1.82) is 0 Å². The molecule has 1 N–H and O–H groups in total. The van der Waals surface area contributed by atoms with Crippen molar-refractivity contribution in [3.05, 3.63) is 35.4 Å². The highest BCUT2D eigenvalue weighted by molar-refractivity contribution is 5.36. The second-order valence-corrected chi connectivity index (χ2v) is 5.09. The standard InChI is InChI=1S/C18H27NO2/c1-4-18(5-2)19(12-14-21-3)15-17-10-8-16(9-11-17)7-6-13-20/h8-11,18,20H,4-5,12-15H2,1-3H3. The number of ether oxygens (including phenoxy) is 1. The summed E-state index contributed by atoms with van der Waals surface area (Å²) < 4.78 is 5.23. The summed E-state index contributed by atoms with van der Waals surface area (Å²) in [6.45, 7) is 7.03. The van der Waals surface area contributed by atoms with Crippen LogP contribution in [0.3, 0.4) is 0 Å². The molecule has 0 atom stereocenters. The average molecular weight is 289 g/mol. The first-order valence-corrected chi connectivity index (χ1v) is 7.66. The molecule has 1 rings (SSSR count). The number of rotatable bonds is 8. The summed E-state index contributed by atoms with van der Waals surface area (Å²) >= 11 is 0. The molecule has 0 aliphatic carbocycles. The second kappa shape index (κ2) is 10.4. The predicted molar refractivity (Wildman–Crippen MR) is 87.1 cm³/mol. The Labute approximate surface area is 128 Å². The average Bonchev–Trinajstić information content (AvgIpc) is 2.52. The van der Waals surface area contributed by atoms with Gasteiger partial charge in [0.05, 0.1) is 6.61 Å². The lowest BCUT2D eigenvalue weighted by Crippen LogP contribution is -2.36. The molecule has 3 heteroatoms. The Bertz CT molecular complexity index is 441. The zero-order valence-corrected chi connectivity index (χ0v) is 13.4. The van der Waals surface area contributed by atoms with E-state index in [9.17, 15) is 0 Å². The maximum absolute atomic E-state index is 8.71. The highest BCUT2D eigenvalue weighted by atomic mass is 16.5. The molecule has 3 nitrogen and oxygen atoms in total. The molecule has 0 saturated heterocycles. The summed E-state index contributed by atoms with van der Waals surface area (Å²) in [5.41, 5.74) is 2.23. The van der Waals surface area contributed by atoms with Gasteiger partial charge in [-0.2, -0.15) is 0 Å². The van der Waals surface area contributed by atoms with Crippen LogP contribution in [0.4, 0.5) is 0 Å². The van der Waals surface area contributed by atoms with E-state index in [-0.39, 0.29) is 6.61 Å². The van der Waals surface area contributed by atoms with E-state index in [2.05, 4.69) is 42.7 Å². The van der Waals surface area contributed by atoms with Gasteiger partial charge in [0.25, 0.3) is 0 Å². The van der Waals surface area contributed by atoms with Crippen molar-refractivity contribution >= 4 is 0 Å². The lowest BCUT2D eigenvalue weighted by molar-refractivity contribution is 0.110. The number of hydrogen-bond donors (Lipinski definition) is 1. The van der Waals surface area contributed by atoms with Gasteiger partial charge >= 0.3 is 0 Å². The molecule has 1 aromatic carbocycles. The molecule has 0 radical (unpaired) electrons. The van der Waals surface area contributed by atoms with Crippen LogP contribution < -0.4 is 0 Å². The van der Waals surface area contributed by atoms with Gasteiger partial charge in [0.2, 0.25) is 0 Å². The molecule has 0 aliphatic rings. The third-order valence-corrected chi connectivity index (χ3v) is 3.69. The topological polar surface area (TPSA) is 32.7 Å². The Morgan fingerprint density at radius 3 is 2.38 bits per heavy atom. The summed E-state index contributed by atoms with van der Waals surface area (Å²) in [7, 11) is 1.75. The van der Waals surface area contributed by atoms with E-state index < -0.39 is 0 Å². The molecule has 0 spiro atoms. The van der Waals surface area contributed by atoms with Gasteiger partial charge in [0, 0.05) is 31.8 Å². The Kier molecular flexibility index (Phi) is 8.77. The van der Waals surface area contributed by atoms with Crippen LogP contribution in [-0.4, -0.2) is 42.9 Å². The van der Waals surface area contributed by atoms with Gasteiger partial charge in [-0.3, -0.25) is 4.90 Å². The zero-order valence-electron chi connectivity index (χ0n) is 13.4. The fourth-order valence-electron chi connectivity index (χ4n) is 2.47. The molecule has 0 fully saturated rings. The fraction of sp³-hybridized carbons (Fsp3) is 0.556. The van der Waals surface area contributed by atoms with Gasteiger partial charge in [-0.15, -0.1) is 0 Å². The van der Waals surface area contributed by atoms with E-state index in [1.54, 1.807) is 7.11 Å². The molecule has 1 aromatic rings. The minimum absolute atomic E-state index is 0.0960. The van der Waals surface area contributed by atoms with E-state index in [0.717, 1.165) is 38.1 Å². The summed E-state index contributed by atoms with van der Waals surface area (Å²) in [6.07, 6.45) is 2.31. The number of methoxy groups -OCH3 is 1. The first-order valence-electron chi connectivity index (χ1n) is 7.66. The molecule has 0 unspecified atom stereocenters. The van der Waals surface area contributed by atoms with E-state index >= 15 is 0 Å². The third-order valence-electron chi connectivity index (χ3n) is 3.69. The van der Waals surface area contributed by atoms with Gasteiger partial charge < -0.3 is 9.84 Å². The molecule has 116 valence electrons. The second-order valence-electron chi connectivity index (χ2n) is 5.09. The van der Waals surface area contributed by atoms with Crippen LogP contribution in [0.1, 0.15) is 37.8 Å². The largest absolute Gasteiger partial charge is 0.384 e. The lowest BCUT2D eigenvalue weighted by atomic mass is 10.1. The van der Waals surface area contributed by atoms with Gasteiger partial charge in [-0.25, -0.2) is 0 Å². The minimum Gasteiger partial charge on any atom is -0.384 e. The van der Waals surface area contributed by atoms with Gasteiger partial charge in [0.15, 0.2) is 0 Å². The number of aliphatic hydroxyl groups is 1. The highest BCUT2D eigenvalue weighted by Crippen LogP contribution is 2.14. The lowest BCUT2D eigenvalue weighted by Gasteiger charge is -2.30. The van der Waals surface area contributed by atoms with Crippen LogP contribution in [0.5, 0.6) is 0 Å². The predicted octanol–water partition coefficient (Wildman–Crippen LogP) is 2.67. The number of aliphatic hydroxyl groups excluding tert-OH is 1. The summed E-state index contributed by atoms with van der Waals surface area (Å²) in [4.78, 5) is 2.48. The number of hydrogen-bond acceptors (Lipinski definition) is 3. The van der Waals surface area contributed by atoms with Gasteiger partial charge in [-0.05, 0) is 30.5 Å². The molecule has 0 saturated carbocycles. The van der Waals surface area contributed by atoms with Crippen LogP contribution in [-0.2, 0) is 11.3 Å². The van der Waals surface area contributed by atoms with Crippen LogP contribution in [0.25, 0.3) is 0 Å². The molecule has 0 bridgehead atoms. The van der Waals surface area contributed by atoms with Crippen molar-refractivity contribution in [1.82, 2.24) is 4.90 Å². The Morgan fingerprint density at radius 2 is 1.86 bits per heavy atom. The molecule has 0 heterocycles. The van der Waals surface area contributed by atoms with Crippen molar-refractivity contribution in [3.63, 3.8) is 0 Å². The van der Waals surface area contributed by atoms with Crippen LogP contribution in [0.2, 0.25) is 0 Å². The van der Waals surface area contributed by atoms with Crippen molar-refractivity contribution in [3.8, 4) is 11.8 Å². The van der Waals surface area contributed by atoms with Crippen molar-refractivity contribution < 1.29 is 9.84 Å². The maximum Gasteiger partial charge on any atom is 0.104 e. The smallest absolute Gasteiger partial charge is 0.104 e. The first-order chi connectivity index (χ1) is 10.2. The Hall–Kier alpha value is -1.34. The van der Waals surface area contributed by atoms with E-state index in [4.69, 9.17) is 9.84 Å². The van der Waals surface area contributed by atoms with Gasteiger partial charge in [-0.1, -0.05) is 37.8 Å². The number of benzene rings is 1. The van der Waals surface area contributed by atoms with E-state index in [1.165, 1.54) is 5.56 Å². The molecule has 0 aliphatic heterocycles. The summed E-state index contributed by atoms with van der Waals surface area (Å²) in [5, 5.41) is 8.71. The van der Waals surface area contributed by atoms with Crippen molar-refractivity contribution in [2.75, 3.05) is 26.9 Å². The van der Waals surface area contributed by atoms with Crippen molar-refractivity contribution in [2.24, 2.45) is 0 Å². The third kappa shape index (κ3) is 6.31. The SMILES string of the molecule is CCC(CC)N(CCOC)Cc1ccc(C#CCO)cc1. The molecule has 0 amide bonds. The summed E-state index contributed by atoms with van der Waals surface area (Å²) in [6, 6.07) is 8.85. The molecular formula is C18H27NO2. The maximum atomic E-state index is 8.71. The van der Waals surface area contributed by atoms with Crippen molar-refractivity contribution in [2.45, 2.75) is 39.3 Å². The molecule has 21 heavy (non-hydrogen) atoms. The molecule has 0 aromatic heterocycles. The highest BCUT2D eigenvalue weighted by Gasteiger charge is 2.15. The Morgan fingerprint density at radius 1 is 1.19 bits per heavy atom. The Balaban J connectivity index is 2.73.